The SMILES string of the molecule is Cc1c(I)c(C)c(I)c(C(C)N(C)C(C)c2c(I)c(C)c(I)c(C)c2I)c1I. The van der Waals surface area contributed by atoms with Crippen LogP contribution in [0.5, 0.6) is 0 Å². The molecule has 0 N–H and O–H groups in total. The van der Waals surface area contributed by atoms with Crippen molar-refractivity contribution in [3.8, 4) is 0 Å². The molecule has 2 rings (SSSR count). The molecule has 0 radical (unpaired) electrons. The second kappa shape index (κ2) is 10.8. The molecule has 0 bridgehead atoms. The van der Waals surface area contributed by atoms with Crippen molar-refractivity contribution >= 4 is 136 Å². The molecule has 0 amide bonds. The summed E-state index contributed by atoms with van der Waals surface area (Å²) >= 11 is 15.2. The predicted octanol–water partition coefficient (Wildman–Crippen LogP) is 9.30. The van der Waals surface area contributed by atoms with Crippen molar-refractivity contribution in [2.24, 2.45) is 0 Å². The minimum Gasteiger partial charge on any atom is -0.293 e. The van der Waals surface area contributed by atoms with Crippen molar-refractivity contribution in [3.63, 3.8) is 0 Å². The Morgan fingerprint density at radius 3 is 0.929 bits per heavy atom. The van der Waals surface area contributed by atoms with Gasteiger partial charge in [0.05, 0.1) is 0 Å². The lowest BCUT2D eigenvalue weighted by molar-refractivity contribution is 0.196. The van der Waals surface area contributed by atoms with Gasteiger partial charge in [-0.3, -0.25) is 4.90 Å². The van der Waals surface area contributed by atoms with Crippen molar-refractivity contribution in [2.45, 2.75) is 53.6 Å². The Hall–Kier alpha value is 2.78. The molecule has 0 spiro atoms. The third kappa shape index (κ3) is 4.98. The molecule has 28 heavy (non-hydrogen) atoms. The zero-order valence-electron chi connectivity index (χ0n) is 16.9. The Balaban J connectivity index is 2.59. The van der Waals surface area contributed by atoms with E-state index in [1.165, 1.54) is 54.8 Å². The van der Waals surface area contributed by atoms with Crippen molar-refractivity contribution in [1.29, 1.82) is 0 Å². The lowest BCUT2D eigenvalue weighted by Crippen LogP contribution is -2.29. The first-order chi connectivity index (χ1) is 12.8. The highest BCUT2D eigenvalue weighted by Crippen LogP contribution is 2.41. The molecule has 2 aromatic carbocycles. The zero-order valence-corrected chi connectivity index (χ0v) is 29.8. The van der Waals surface area contributed by atoms with Crippen LogP contribution in [0.25, 0.3) is 0 Å². The molecule has 7 heteroatoms. The molecule has 0 saturated carbocycles. The van der Waals surface area contributed by atoms with Crippen LogP contribution in [0.1, 0.15) is 59.3 Å². The van der Waals surface area contributed by atoms with Gasteiger partial charge in [0, 0.05) is 33.5 Å². The van der Waals surface area contributed by atoms with Crippen LogP contribution < -0.4 is 0 Å². The van der Waals surface area contributed by atoms with E-state index in [2.05, 4.69) is 189 Å². The number of rotatable bonds is 4. The first-order valence-electron chi connectivity index (χ1n) is 8.83. The van der Waals surface area contributed by atoms with Gasteiger partial charge in [-0.05, 0) is 218 Å². The molecule has 2 atom stereocenters. The standard InChI is InChI=1S/C21H23I6N/c1-8-16(22)9(2)19(25)14(18(8)24)12(5)28(7)13(6)15-20(26)10(3)17(23)11(4)21(15)27/h12-13H,1-7H3. The van der Waals surface area contributed by atoms with Gasteiger partial charge < -0.3 is 0 Å². The minimum atomic E-state index is 0.342. The molecule has 154 valence electrons. The van der Waals surface area contributed by atoms with Crippen LogP contribution in [0.4, 0.5) is 0 Å². The van der Waals surface area contributed by atoms with Crippen LogP contribution in [0, 0.1) is 49.1 Å². The van der Waals surface area contributed by atoms with Crippen LogP contribution in [-0.4, -0.2) is 11.9 Å². The molecule has 0 aliphatic heterocycles. The summed E-state index contributed by atoms with van der Waals surface area (Å²) in [6.07, 6.45) is 0. The van der Waals surface area contributed by atoms with Gasteiger partial charge in [-0.15, -0.1) is 0 Å². The van der Waals surface area contributed by atoms with Gasteiger partial charge in [0.15, 0.2) is 0 Å². The molecule has 0 saturated heterocycles. The van der Waals surface area contributed by atoms with E-state index >= 15 is 0 Å². The second-order valence-electron chi connectivity index (χ2n) is 7.23. The topological polar surface area (TPSA) is 3.24 Å². The summed E-state index contributed by atoms with van der Waals surface area (Å²) in [7, 11) is 2.28. The molecule has 0 aliphatic carbocycles. The summed E-state index contributed by atoms with van der Waals surface area (Å²) in [4.78, 5) is 2.54. The Kier molecular flexibility index (Phi) is 10.4. The Bertz CT molecular complexity index is 804. The molecule has 1 nitrogen and oxygen atoms in total. The third-order valence-electron chi connectivity index (χ3n) is 5.64. The molecular weight excluding hydrogens is 1030 g/mol. The van der Waals surface area contributed by atoms with Crippen molar-refractivity contribution in [1.82, 2.24) is 4.90 Å². The van der Waals surface area contributed by atoms with Crippen LogP contribution in [0.2, 0.25) is 0 Å². The van der Waals surface area contributed by atoms with E-state index in [0.29, 0.717) is 12.1 Å². The van der Waals surface area contributed by atoms with E-state index in [9.17, 15) is 0 Å². The van der Waals surface area contributed by atoms with Gasteiger partial charge in [0.2, 0.25) is 0 Å². The van der Waals surface area contributed by atoms with E-state index < -0.39 is 0 Å². The van der Waals surface area contributed by atoms with Crippen LogP contribution in [0.15, 0.2) is 0 Å². The number of benzene rings is 2. The molecule has 0 aliphatic rings. The minimum absolute atomic E-state index is 0.342. The molecular formula is C21H23I6N. The van der Waals surface area contributed by atoms with Crippen LogP contribution in [0.3, 0.4) is 0 Å². The fraction of sp³-hybridized carbons (Fsp3) is 0.429. The van der Waals surface area contributed by atoms with Crippen LogP contribution in [-0.2, 0) is 0 Å². The highest BCUT2D eigenvalue weighted by atomic mass is 127. The quantitative estimate of drug-likeness (QED) is 0.277. The average molecular weight is 1050 g/mol. The normalized spacial score (nSPS) is 13.9. The first kappa shape index (κ1) is 27.0. The van der Waals surface area contributed by atoms with E-state index in [1.807, 2.05) is 0 Å². The number of nitrogens with zero attached hydrogens (tertiary/aromatic N) is 1. The van der Waals surface area contributed by atoms with Gasteiger partial charge in [0.25, 0.3) is 0 Å². The molecule has 0 fully saturated rings. The van der Waals surface area contributed by atoms with E-state index in [0.717, 1.165) is 0 Å². The predicted molar refractivity (Wildman–Crippen MR) is 173 cm³/mol. The zero-order chi connectivity index (χ0) is 21.7. The summed E-state index contributed by atoms with van der Waals surface area (Å²) in [5.41, 5.74) is 8.57. The molecule has 2 unspecified atom stereocenters. The van der Waals surface area contributed by atoms with Gasteiger partial charge in [-0.25, -0.2) is 0 Å². The van der Waals surface area contributed by atoms with E-state index in [-0.39, 0.29) is 0 Å². The van der Waals surface area contributed by atoms with Crippen molar-refractivity contribution in [2.75, 3.05) is 7.05 Å². The number of halogens is 6. The fourth-order valence-corrected chi connectivity index (χ4v) is 11.6. The summed E-state index contributed by atoms with van der Waals surface area (Å²) < 4.78 is 8.41. The summed E-state index contributed by atoms with van der Waals surface area (Å²) in [5, 5.41) is 0. The van der Waals surface area contributed by atoms with Gasteiger partial charge in [0.1, 0.15) is 0 Å². The highest BCUT2D eigenvalue weighted by molar-refractivity contribution is 14.1. The fourth-order valence-electron chi connectivity index (χ4n) is 3.42. The van der Waals surface area contributed by atoms with Gasteiger partial charge in [-0.1, -0.05) is 0 Å². The van der Waals surface area contributed by atoms with E-state index in [4.69, 9.17) is 0 Å². The summed E-state index contributed by atoms with van der Waals surface area (Å²) in [6, 6.07) is 0.685. The molecule has 0 heterocycles. The highest BCUT2D eigenvalue weighted by Gasteiger charge is 2.28. The number of hydrogen-bond acceptors (Lipinski definition) is 1. The Morgan fingerprint density at radius 1 is 0.500 bits per heavy atom. The van der Waals surface area contributed by atoms with Gasteiger partial charge >= 0.3 is 0 Å². The third-order valence-corrected chi connectivity index (χ3v) is 14.4. The largest absolute Gasteiger partial charge is 0.293 e. The van der Waals surface area contributed by atoms with Crippen molar-refractivity contribution < 1.29 is 0 Å². The monoisotopic (exact) mass is 1050 g/mol. The maximum Gasteiger partial charge on any atom is 0.0344 e. The van der Waals surface area contributed by atoms with Crippen molar-refractivity contribution in [3.05, 3.63) is 54.8 Å². The lowest BCUT2D eigenvalue weighted by Gasteiger charge is -2.35. The molecule has 0 aromatic heterocycles. The van der Waals surface area contributed by atoms with Gasteiger partial charge in [-0.2, -0.15) is 0 Å². The average Bonchev–Trinajstić information content (AvgIpc) is 2.67. The molecule has 2 aromatic rings. The lowest BCUT2D eigenvalue weighted by atomic mass is 9.97. The Morgan fingerprint density at radius 2 is 0.714 bits per heavy atom. The summed E-state index contributed by atoms with van der Waals surface area (Å²) in [5.74, 6) is 0. The maximum atomic E-state index is 2.55. The summed E-state index contributed by atoms with van der Waals surface area (Å²) in [6.45, 7) is 13.7. The first-order valence-corrected chi connectivity index (χ1v) is 15.3. The van der Waals surface area contributed by atoms with E-state index in [1.54, 1.807) is 0 Å². The van der Waals surface area contributed by atoms with Crippen LogP contribution >= 0.6 is 136 Å². The second-order valence-corrected chi connectivity index (χ2v) is 13.7. The smallest absolute Gasteiger partial charge is 0.0344 e. The Labute approximate surface area is 251 Å². The maximum absolute atomic E-state index is 2.55. The number of hydrogen-bond donors (Lipinski definition) is 0.